The summed E-state index contributed by atoms with van der Waals surface area (Å²) in [6.07, 6.45) is 6.72. The van der Waals surface area contributed by atoms with Gasteiger partial charge in [0.05, 0.1) is 18.9 Å². The van der Waals surface area contributed by atoms with Crippen LogP contribution in [0.3, 0.4) is 0 Å². The summed E-state index contributed by atoms with van der Waals surface area (Å²) < 4.78 is 7.44. The zero-order valence-electron chi connectivity index (χ0n) is 18.4. The largest absolute Gasteiger partial charge is 0.378 e. The van der Waals surface area contributed by atoms with E-state index in [2.05, 4.69) is 38.8 Å². The maximum Gasteiger partial charge on any atom is 0.225 e. The number of morpholine rings is 1. The molecule has 1 amide bonds. The van der Waals surface area contributed by atoms with Crippen molar-refractivity contribution in [2.24, 2.45) is 10.9 Å². The Kier molecular flexibility index (Phi) is 8.53. The monoisotopic (exact) mass is 540 g/mol. The van der Waals surface area contributed by atoms with Gasteiger partial charge in [-0.1, -0.05) is 6.07 Å². The first-order valence-corrected chi connectivity index (χ1v) is 10.9. The molecule has 0 aromatic carbocycles. The Morgan fingerprint density at radius 2 is 1.97 bits per heavy atom. The van der Waals surface area contributed by atoms with E-state index in [1.807, 2.05) is 24.2 Å². The van der Waals surface area contributed by atoms with E-state index in [9.17, 15) is 4.79 Å². The number of ether oxygens (including phenoxy) is 1. The highest BCUT2D eigenvalue weighted by molar-refractivity contribution is 14.0. The second-order valence-corrected chi connectivity index (χ2v) is 8.08. The van der Waals surface area contributed by atoms with Gasteiger partial charge in [-0.3, -0.25) is 9.79 Å². The summed E-state index contributed by atoms with van der Waals surface area (Å²) in [4.78, 5) is 26.1. The number of aromatic nitrogens is 2. The minimum atomic E-state index is 0. The number of halogens is 1. The van der Waals surface area contributed by atoms with E-state index < -0.39 is 0 Å². The lowest BCUT2D eigenvalue weighted by Gasteiger charge is -2.36. The predicted octanol–water partition coefficient (Wildman–Crippen LogP) is 1.95. The molecule has 0 unspecified atom stereocenters. The summed E-state index contributed by atoms with van der Waals surface area (Å²) in [5.74, 6) is 1.33. The topological polar surface area (TPSA) is 74.5 Å². The number of guanidine groups is 1. The van der Waals surface area contributed by atoms with Gasteiger partial charge in [0.25, 0.3) is 0 Å². The van der Waals surface area contributed by atoms with Gasteiger partial charge >= 0.3 is 0 Å². The first kappa shape index (κ1) is 23.8. The van der Waals surface area contributed by atoms with Gasteiger partial charge in [0.1, 0.15) is 5.65 Å². The summed E-state index contributed by atoms with van der Waals surface area (Å²) in [6.45, 7) is 7.35. The SMILES string of the molecule is CN=C(NCCc1cn2cccc(C)c2n1)N1CCC(C(=O)N2CCOCC2)CC1.I. The van der Waals surface area contributed by atoms with Crippen molar-refractivity contribution in [2.45, 2.75) is 26.2 Å². The Bertz CT molecular complexity index is 901. The normalized spacial score (nSPS) is 18.2. The molecular formula is C22H33IN6O2. The van der Waals surface area contributed by atoms with Crippen molar-refractivity contribution >= 4 is 41.5 Å². The van der Waals surface area contributed by atoms with Crippen molar-refractivity contribution < 1.29 is 9.53 Å². The molecule has 8 nitrogen and oxygen atoms in total. The molecule has 2 aromatic heterocycles. The van der Waals surface area contributed by atoms with Crippen LogP contribution in [-0.2, 0) is 16.0 Å². The van der Waals surface area contributed by atoms with Crippen molar-refractivity contribution in [3.05, 3.63) is 35.8 Å². The van der Waals surface area contributed by atoms with Crippen LogP contribution in [0.25, 0.3) is 5.65 Å². The van der Waals surface area contributed by atoms with Gasteiger partial charge in [-0.15, -0.1) is 24.0 Å². The lowest BCUT2D eigenvalue weighted by atomic mass is 9.95. The molecule has 2 aliphatic rings. The van der Waals surface area contributed by atoms with Crippen LogP contribution in [0.2, 0.25) is 0 Å². The standard InChI is InChI=1S/C22H32N6O2.HI/c1-17-4-3-9-28-16-19(25-20(17)28)5-8-24-22(23-2)27-10-6-18(7-11-27)21(29)26-12-14-30-15-13-26;/h3-4,9,16,18H,5-8,10-15H2,1-2H3,(H,23,24);1H. The van der Waals surface area contributed by atoms with Crippen LogP contribution in [-0.4, -0.2) is 84.0 Å². The molecule has 0 spiro atoms. The molecule has 0 bridgehead atoms. The van der Waals surface area contributed by atoms with E-state index in [4.69, 9.17) is 9.72 Å². The smallest absolute Gasteiger partial charge is 0.225 e. The summed E-state index contributed by atoms with van der Waals surface area (Å²) in [6, 6.07) is 4.13. The maximum atomic E-state index is 12.7. The molecule has 9 heteroatoms. The molecule has 0 radical (unpaired) electrons. The number of fused-ring (bicyclic) bond motifs is 1. The fourth-order valence-corrected chi connectivity index (χ4v) is 4.34. The average molecular weight is 540 g/mol. The quantitative estimate of drug-likeness (QED) is 0.365. The number of aryl methyl sites for hydroxylation is 1. The third-order valence-corrected chi connectivity index (χ3v) is 6.07. The highest BCUT2D eigenvalue weighted by atomic mass is 127. The molecule has 2 aliphatic heterocycles. The first-order valence-electron chi connectivity index (χ1n) is 10.9. The summed E-state index contributed by atoms with van der Waals surface area (Å²) in [7, 11) is 1.82. The van der Waals surface area contributed by atoms with E-state index in [1.54, 1.807) is 0 Å². The third kappa shape index (κ3) is 5.68. The number of nitrogens with one attached hydrogen (secondary N) is 1. The van der Waals surface area contributed by atoms with Gasteiger partial charge in [-0.05, 0) is 31.4 Å². The summed E-state index contributed by atoms with van der Waals surface area (Å²) in [5.41, 5.74) is 3.27. The van der Waals surface area contributed by atoms with Crippen LogP contribution in [0.4, 0.5) is 0 Å². The number of pyridine rings is 1. The second kappa shape index (κ2) is 11.1. The molecule has 2 aromatic rings. The van der Waals surface area contributed by atoms with Crippen LogP contribution < -0.4 is 5.32 Å². The van der Waals surface area contributed by atoms with Crippen LogP contribution in [0.1, 0.15) is 24.1 Å². The molecule has 0 aliphatic carbocycles. The number of carbonyl (C=O) groups excluding carboxylic acids is 1. The van der Waals surface area contributed by atoms with E-state index in [0.29, 0.717) is 19.1 Å². The molecular weight excluding hydrogens is 507 g/mol. The van der Waals surface area contributed by atoms with Gasteiger partial charge < -0.3 is 24.3 Å². The minimum Gasteiger partial charge on any atom is -0.378 e. The van der Waals surface area contributed by atoms with Crippen molar-refractivity contribution in [1.82, 2.24) is 24.5 Å². The zero-order valence-corrected chi connectivity index (χ0v) is 20.7. The van der Waals surface area contributed by atoms with Crippen LogP contribution in [0.15, 0.2) is 29.5 Å². The number of imidazole rings is 1. The van der Waals surface area contributed by atoms with Crippen LogP contribution >= 0.6 is 24.0 Å². The third-order valence-electron chi connectivity index (χ3n) is 6.07. The Balaban J connectivity index is 0.00000272. The highest BCUT2D eigenvalue weighted by Gasteiger charge is 2.30. The van der Waals surface area contributed by atoms with Gasteiger partial charge in [0.15, 0.2) is 5.96 Å². The number of aliphatic imine (C=N–C) groups is 1. The second-order valence-electron chi connectivity index (χ2n) is 8.08. The van der Waals surface area contributed by atoms with Crippen molar-refractivity contribution in [1.29, 1.82) is 0 Å². The van der Waals surface area contributed by atoms with Crippen molar-refractivity contribution in [3.8, 4) is 0 Å². The van der Waals surface area contributed by atoms with Crippen LogP contribution in [0.5, 0.6) is 0 Å². The number of carbonyl (C=O) groups is 1. The molecule has 4 rings (SSSR count). The summed E-state index contributed by atoms with van der Waals surface area (Å²) >= 11 is 0. The molecule has 2 saturated heterocycles. The summed E-state index contributed by atoms with van der Waals surface area (Å²) in [5, 5.41) is 3.47. The van der Waals surface area contributed by atoms with E-state index in [-0.39, 0.29) is 29.9 Å². The van der Waals surface area contributed by atoms with Crippen LogP contribution in [0, 0.1) is 12.8 Å². The lowest BCUT2D eigenvalue weighted by Crippen LogP contribution is -2.50. The molecule has 0 atom stereocenters. The van der Waals surface area contributed by atoms with Gasteiger partial charge in [-0.2, -0.15) is 0 Å². The number of amides is 1. The molecule has 170 valence electrons. The Hall–Kier alpha value is -1.88. The first-order chi connectivity index (χ1) is 14.7. The predicted molar refractivity (Wildman–Crippen MR) is 132 cm³/mol. The molecule has 2 fully saturated rings. The number of piperidine rings is 1. The number of hydrogen-bond acceptors (Lipinski definition) is 4. The van der Waals surface area contributed by atoms with Crippen molar-refractivity contribution in [3.63, 3.8) is 0 Å². The molecule has 31 heavy (non-hydrogen) atoms. The van der Waals surface area contributed by atoms with E-state index in [0.717, 1.165) is 69.3 Å². The zero-order chi connectivity index (χ0) is 20.9. The fraction of sp³-hybridized carbons (Fsp3) is 0.591. The van der Waals surface area contributed by atoms with Crippen molar-refractivity contribution in [2.75, 3.05) is 53.0 Å². The van der Waals surface area contributed by atoms with Gasteiger partial charge in [-0.25, -0.2) is 4.98 Å². The number of nitrogens with zero attached hydrogens (tertiary/aromatic N) is 5. The average Bonchev–Trinajstić information content (AvgIpc) is 3.21. The lowest BCUT2D eigenvalue weighted by molar-refractivity contribution is -0.140. The molecule has 1 N–H and O–H groups in total. The molecule has 0 saturated carbocycles. The Morgan fingerprint density at radius 3 is 2.65 bits per heavy atom. The maximum absolute atomic E-state index is 12.7. The minimum absolute atomic E-state index is 0. The van der Waals surface area contributed by atoms with Gasteiger partial charge in [0.2, 0.25) is 5.91 Å². The Morgan fingerprint density at radius 1 is 1.23 bits per heavy atom. The van der Waals surface area contributed by atoms with E-state index in [1.165, 1.54) is 5.56 Å². The number of likely N-dealkylation sites (tertiary alicyclic amines) is 1. The Labute approximate surface area is 201 Å². The number of rotatable bonds is 4. The highest BCUT2D eigenvalue weighted by Crippen LogP contribution is 2.20. The van der Waals surface area contributed by atoms with E-state index >= 15 is 0 Å². The van der Waals surface area contributed by atoms with Gasteiger partial charge in [0, 0.05) is 64.5 Å². The molecule has 4 heterocycles. The number of hydrogen-bond donors (Lipinski definition) is 1. The fourth-order valence-electron chi connectivity index (χ4n) is 4.34.